The minimum Gasteiger partial charge on any atom is -0.399 e. The quantitative estimate of drug-likeness (QED) is 0.839. The van der Waals surface area contributed by atoms with Crippen LogP contribution in [0.15, 0.2) is 46.9 Å². The van der Waals surface area contributed by atoms with Gasteiger partial charge >= 0.3 is 0 Å². The minimum absolute atomic E-state index is 0.157. The smallest absolute Gasteiger partial charge is 0.0992 e. The summed E-state index contributed by atoms with van der Waals surface area (Å²) in [6.07, 6.45) is 0. The molecule has 0 amide bonds. The van der Waals surface area contributed by atoms with Crippen LogP contribution in [0, 0.1) is 11.3 Å². The van der Waals surface area contributed by atoms with E-state index in [0.29, 0.717) is 5.56 Å². The van der Waals surface area contributed by atoms with Gasteiger partial charge < -0.3 is 11.1 Å². The Bertz CT molecular complexity index is 614. The Labute approximate surface area is 121 Å². The van der Waals surface area contributed by atoms with Crippen molar-refractivity contribution >= 4 is 27.3 Å². The molecule has 0 saturated carbocycles. The SMILES string of the molecule is CC(Nc1ccc(C#N)cc1Br)c1ccc(N)cc1. The molecule has 3 N–H and O–H groups in total. The van der Waals surface area contributed by atoms with Gasteiger partial charge in [0.15, 0.2) is 0 Å². The Hall–Kier alpha value is -1.99. The first-order chi connectivity index (χ1) is 9.10. The Balaban J connectivity index is 2.17. The fourth-order valence-electron chi connectivity index (χ4n) is 1.80. The van der Waals surface area contributed by atoms with Crippen LogP contribution in [0.1, 0.15) is 24.1 Å². The van der Waals surface area contributed by atoms with Gasteiger partial charge in [0.25, 0.3) is 0 Å². The van der Waals surface area contributed by atoms with Crippen molar-refractivity contribution in [1.82, 2.24) is 0 Å². The zero-order chi connectivity index (χ0) is 13.8. The summed E-state index contributed by atoms with van der Waals surface area (Å²) in [5.41, 5.74) is 9.19. The molecule has 2 aromatic carbocycles. The first-order valence-corrected chi connectivity index (χ1v) is 6.71. The van der Waals surface area contributed by atoms with Gasteiger partial charge in [0.1, 0.15) is 0 Å². The summed E-state index contributed by atoms with van der Waals surface area (Å²) in [5, 5.41) is 12.2. The molecule has 0 aliphatic rings. The van der Waals surface area contributed by atoms with Gasteiger partial charge in [-0.2, -0.15) is 5.26 Å². The lowest BCUT2D eigenvalue weighted by Gasteiger charge is -2.17. The number of halogens is 1. The average molecular weight is 316 g/mol. The van der Waals surface area contributed by atoms with Crippen molar-refractivity contribution in [2.24, 2.45) is 0 Å². The molecule has 0 bridgehead atoms. The highest BCUT2D eigenvalue weighted by Crippen LogP contribution is 2.27. The summed E-state index contributed by atoms with van der Waals surface area (Å²) in [5.74, 6) is 0. The van der Waals surface area contributed by atoms with Crippen molar-refractivity contribution in [1.29, 1.82) is 5.26 Å². The number of rotatable bonds is 3. The van der Waals surface area contributed by atoms with Crippen molar-refractivity contribution in [3.8, 4) is 6.07 Å². The number of nitrogens with two attached hydrogens (primary N) is 1. The van der Waals surface area contributed by atoms with Crippen LogP contribution >= 0.6 is 15.9 Å². The van der Waals surface area contributed by atoms with Crippen LogP contribution < -0.4 is 11.1 Å². The van der Waals surface area contributed by atoms with Crippen LogP contribution in [-0.4, -0.2) is 0 Å². The number of nitrogen functional groups attached to an aromatic ring is 1. The normalized spacial score (nSPS) is 11.6. The Morgan fingerprint density at radius 3 is 2.47 bits per heavy atom. The summed E-state index contributed by atoms with van der Waals surface area (Å²) in [4.78, 5) is 0. The predicted molar refractivity (Wildman–Crippen MR) is 81.7 cm³/mol. The van der Waals surface area contributed by atoms with E-state index in [0.717, 1.165) is 21.4 Å². The molecule has 0 heterocycles. The summed E-state index contributed by atoms with van der Waals surface area (Å²) >= 11 is 3.47. The Morgan fingerprint density at radius 2 is 1.89 bits per heavy atom. The van der Waals surface area contributed by atoms with Gasteiger partial charge in [0.05, 0.1) is 11.6 Å². The maximum Gasteiger partial charge on any atom is 0.0992 e. The van der Waals surface area contributed by atoms with Crippen molar-refractivity contribution in [2.45, 2.75) is 13.0 Å². The molecule has 0 aliphatic heterocycles. The lowest BCUT2D eigenvalue weighted by atomic mass is 10.1. The molecule has 0 aromatic heterocycles. The van der Waals surface area contributed by atoms with Crippen LogP contribution in [-0.2, 0) is 0 Å². The number of nitrogens with zero attached hydrogens (tertiary/aromatic N) is 1. The fourth-order valence-corrected chi connectivity index (χ4v) is 2.30. The van der Waals surface area contributed by atoms with Crippen molar-refractivity contribution in [2.75, 3.05) is 11.1 Å². The van der Waals surface area contributed by atoms with Gasteiger partial charge in [-0.05, 0) is 58.7 Å². The van der Waals surface area contributed by atoms with E-state index in [-0.39, 0.29) is 6.04 Å². The predicted octanol–water partition coefficient (Wildman–Crippen LogP) is 4.08. The topological polar surface area (TPSA) is 61.8 Å². The zero-order valence-electron chi connectivity index (χ0n) is 10.5. The number of hydrogen-bond acceptors (Lipinski definition) is 3. The van der Waals surface area contributed by atoms with E-state index in [4.69, 9.17) is 11.0 Å². The number of nitrogens with one attached hydrogen (secondary N) is 1. The van der Waals surface area contributed by atoms with E-state index in [1.807, 2.05) is 30.3 Å². The third-order valence-corrected chi connectivity index (χ3v) is 3.56. The fraction of sp³-hybridized carbons (Fsp3) is 0.133. The lowest BCUT2D eigenvalue weighted by Crippen LogP contribution is -2.07. The first-order valence-electron chi connectivity index (χ1n) is 5.92. The summed E-state index contributed by atoms with van der Waals surface area (Å²) < 4.78 is 0.883. The van der Waals surface area contributed by atoms with E-state index >= 15 is 0 Å². The highest BCUT2D eigenvalue weighted by molar-refractivity contribution is 9.10. The van der Waals surface area contributed by atoms with E-state index in [1.54, 1.807) is 12.1 Å². The molecular formula is C15H14BrN3. The molecule has 1 unspecified atom stereocenters. The van der Waals surface area contributed by atoms with Crippen LogP contribution in [0.25, 0.3) is 0 Å². The number of nitriles is 1. The summed E-state index contributed by atoms with van der Waals surface area (Å²) in [6.45, 7) is 2.08. The molecule has 0 aliphatic carbocycles. The molecule has 96 valence electrons. The minimum atomic E-state index is 0.157. The maximum absolute atomic E-state index is 8.84. The highest BCUT2D eigenvalue weighted by Gasteiger charge is 2.07. The van der Waals surface area contributed by atoms with E-state index < -0.39 is 0 Å². The largest absolute Gasteiger partial charge is 0.399 e. The molecule has 1 atom stereocenters. The van der Waals surface area contributed by atoms with Crippen molar-refractivity contribution in [3.63, 3.8) is 0 Å². The first kappa shape index (κ1) is 13.4. The third-order valence-electron chi connectivity index (χ3n) is 2.91. The van der Waals surface area contributed by atoms with Gasteiger partial charge in [-0.25, -0.2) is 0 Å². The number of hydrogen-bond donors (Lipinski definition) is 2. The molecule has 2 rings (SSSR count). The van der Waals surface area contributed by atoms with Gasteiger partial charge in [-0.1, -0.05) is 12.1 Å². The van der Waals surface area contributed by atoms with Gasteiger partial charge in [-0.3, -0.25) is 0 Å². The number of anilines is 2. The second kappa shape index (κ2) is 5.77. The highest BCUT2D eigenvalue weighted by atomic mass is 79.9. The molecule has 0 fully saturated rings. The third kappa shape index (κ3) is 3.27. The van der Waals surface area contributed by atoms with Crippen molar-refractivity contribution in [3.05, 3.63) is 58.1 Å². The van der Waals surface area contributed by atoms with E-state index in [1.165, 1.54) is 0 Å². The van der Waals surface area contributed by atoms with Crippen LogP contribution in [0.5, 0.6) is 0 Å². The number of benzene rings is 2. The average Bonchev–Trinajstić information content (AvgIpc) is 2.41. The van der Waals surface area contributed by atoms with Crippen LogP contribution in [0.4, 0.5) is 11.4 Å². The summed E-state index contributed by atoms with van der Waals surface area (Å²) in [7, 11) is 0. The van der Waals surface area contributed by atoms with Crippen LogP contribution in [0.3, 0.4) is 0 Å². The second-order valence-electron chi connectivity index (χ2n) is 4.34. The Morgan fingerprint density at radius 1 is 1.21 bits per heavy atom. The van der Waals surface area contributed by atoms with Crippen molar-refractivity contribution < 1.29 is 0 Å². The molecule has 0 radical (unpaired) electrons. The monoisotopic (exact) mass is 315 g/mol. The Kier molecular flexibility index (Phi) is 4.08. The van der Waals surface area contributed by atoms with Gasteiger partial charge in [0.2, 0.25) is 0 Å². The van der Waals surface area contributed by atoms with Gasteiger partial charge in [-0.15, -0.1) is 0 Å². The van der Waals surface area contributed by atoms with E-state index in [2.05, 4.69) is 34.2 Å². The lowest BCUT2D eigenvalue weighted by molar-refractivity contribution is 0.884. The molecular weight excluding hydrogens is 302 g/mol. The molecule has 19 heavy (non-hydrogen) atoms. The summed E-state index contributed by atoms with van der Waals surface area (Å²) in [6, 6.07) is 15.6. The molecule has 0 saturated heterocycles. The zero-order valence-corrected chi connectivity index (χ0v) is 12.1. The van der Waals surface area contributed by atoms with E-state index in [9.17, 15) is 0 Å². The standard InChI is InChI=1S/C15H14BrN3/c1-10(12-3-5-13(18)6-4-12)19-15-7-2-11(9-17)8-14(15)16/h2-8,10,19H,18H2,1H3. The molecule has 0 spiro atoms. The molecule has 3 nitrogen and oxygen atoms in total. The maximum atomic E-state index is 8.84. The second-order valence-corrected chi connectivity index (χ2v) is 5.19. The molecule has 2 aromatic rings. The van der Waals surface area contributed by atoms with Gasteiger partial charge in [0, 0.05) is 21.9 Å². The van der Waals surface area contributed by atoms with Crippen LogP contribution in [0.2, 0.25) is 0 Å². The molecule has 4 heteroatoms.